The number of nitro benzene ring substituents is 2. The largest absolute Gasteiger partial charge is 0.449 e. The second-order valence-corrected chi connectivity index (χ2v) is 8.04. The second-order valence-electron chi connectivity index (χ2n) is 7.18. The number of hydrazone groups is 1. The molecule has 0 saturated heterocycles. The van der Waals surface area contributed by atoms with E-state index in [1.54, 1.807) is 30.3 Å². The molecule has 35 heavy (non-hydrogen) atoms. The molecule has 0 aromatic heterocycles. The first-order chi connectivity index (χ1) is 16.8. The van der Waals surface area contributed by atoms with Gasteiger partial charge in [0.2, 0.25) is 5.75 Å². The lowest BCUT2D eigenvalue weighted by atomic mass is 10.0. The predicted molar refractivity (Wildman–Crippen MR) is 133 cm³/mol. The number of nitrogens with one attached hydrogen (secondary N) is 1. The Labute approximate surface area is 206 Å². The van der Waals surface area contributed by atoms with Crippen LogP contribution in [0.25, 0.3) is 10.8 Å². The van der Waals surface area contributed by atoms with Crippen molar-refractivity contribution in [2.45, 2.75) is 0 Å². The zero-order chi connectivity index (χ0) is 24.9. The average Bonchev–Trinajstić information content (AvgIpc) is 2.85. The summed E-state index contributed by atoms with van der Waals surface area (Å²) in [6.07, 6.45) is 1.44. The molecular formula is C24H15BrN4O6. The van der Waals surface area contributed by atoms with Gasteiger partial charge in [0.05, 0.1) is 26.6 Å². The minimum Gasteiger partial charge on any atom is -0.449 e. The van der Waals surface area contributed by atoms with Gasteiger partial charge in [0, 0.05) is 11.6 Å². The van der Waals surface area contributed by atoms with Gasteiger partial charge in [-0.15, -0.1) is 0 Å². The van der Waals surface area contributed by atoms with E-state index in [2.05, 4.69) is 26.5 Å². The third-order valence-corrected chi connectivity index (χ3v) is 5.56. The Balaban J connectivity index is 1.48. The Hall–Kier alpha value is -4.64. The highest BCUT2D eigenvalue weighted by Gasteiger charge is 2.21. The van der Waals surface area contributed by atoms with Gasteiger partial charge < -0.3 is 4.74 Å². The predicted octanol–water partition coefficient (Wildman–Crippen LogP) is 5.97. The second kappa shape index (κ2) is 10.1. The van der Waals surface area contributed by atoms with E-state index in [-0.39, 0.29) is 17.4 Å². The van der Waals surface area contributed by atoms with Crippen molar-refractivity contribution in [3.8, 4) is 11.5 Å². The molecule has 4 aromatic carbocycles. The number of hydrogen-bond acceptors (Lipinski definition) is 7. The van der Waals surface area contributed by atoms with Gasteiger partial charge in [-0.2, -0.15) is 5.10 Å². The molecular weight excluding hydrogens is 520 g/mol. The minimum atomic E-state index is -0.754. The Bertz CT molecular complexity index is 1500. The molecule has 0 aliphatic rings. The van der Waals surface area contributed by atoms with E-state index in [1.807, 2.05) is 30.3 Å². The normalized spacial score (nSPS) is 10.9. The number of hydrogen-bond donors (Lipinski definition) is 1. The highest BCUT2D eigenvalue weighted by molar-refractivity contribution is 9.10. The summed E-state index contributed by atoms with van der Waals surface area (Å²) in [5.74, 6) is -0.258. The molecule has 0 atom stereocenters. The van der Waals surface area contributed by atoms with Crippen LogP contribution in [0.5, 0.6) is 11.5 Å². The maximum atomic E-state index is 12.6. The SMILES string of the molecule is O=C(N/N=C\c1ccc(Oc2ccc([N+](=O)[O-])cc2[N+](=O)[O-])c(Br)c1)c1cccc2ccccc12. The van der Waals surface area contributed by atoms with Crippen molar-refractivity contribution in [3.63, 3.8) is 0 Å². The number of ether oxygens (including phenoxy) is 1. The third-order valence-electron chi connectivity index (χ3n) is 4.94. The monoisotopic (exact) mass is 534 g/mol. The van der Waals surface area contributed by atoms with Crippen molar-refractivity contribution in [1.82, 2.24) is 5.43 Å². The third kappa shape index (κ3) is 5.31. The van der Waals surface area contributed by atoms with Crippen molar-refractivity contribution in [1.29, 1.82) is 0 Å². The first-order valence-electron chi connectivity index (χ1n) is 10.0. The van der Waals surface area contributed by atoms with Gasteiger partial charge in [0.15, 0.2) is 0 Å². The first-order valence-corrected chi connectivity index (χ1v) is 10.8. The van der Waals surface area contributed by atoms with Crippen molar-refractivity contribution in [2.75, 3.05) is 0 Å². The number of halogens is 1. The topological polar surface area (TPSA) is 137 Å². The number of fused-ring (bicyclic) bond motifs is 1. The fourth-order valence-electron chi connectivity index (χ4n) is 3.30. The summed E-state index contributed by atoms with van der Waals surface area (Å²) in [7, 11) is 0. The van der Waals surface area contributed by atoms with Gasteiger partial charge in [-0.3, -0.25) is 25.0 Å². The van der Waals surface area contributed by atoms with Crippen molar-refractivity contribution in [3.05, 3.63) is 115 Å². The average molecular weight is 535 g/mol. The van der Waals surface area contributed by atoms with E-state index in [1.165, 1.54) is 12.3 Å². The van der Waals surface area contributed by atoms with Gasteiger partial charge >= 0.3 is 5.69 Å². The summed E-state index contributed by atoms with van der Waals surface area (Å²) >= 11 is 3.34. The van der Waals surface area contributed by atoms with Crippen molar-refractivity contribution < 1.29 is 19.4 Å². The van der Waals surface area contributed by atoms with Crippen molar-refractivity contribution in [2.24, 2.45) is 5.10 Å². The Morgan fingerprint density at radius 3 is 2.40 bits per heavy atom. The number of non-ortho nitro benzene ring substituents is 1. The highest BCUT2D eigenvalue weighted by atomic mass is 79.9. The smallest absolute Gasteiger partial charge is 0.318 e. The van der Waals surface area contributed by atoms with Gasteiger partial charge in [-0.1, -0.05) is 36.4 Å². The van der Waals surface area contributed by atoms with E-state index in [4.69, 9.17) is 4.74 Å². The van der Waals surface area contributed by atoms with Crippen LogP contribution in [-0.4, -0.2) is 22.0 Å². The number of nitrogens with zero attached hydrogens (tertiary/aromatic N) is 3. The van der Waals surface area contributed by atoms with Crippen LogP contribution in [-0.2, 0) is 0 Å². The summed E-state index contributed by atoms with van der Waals surface area (Å²) < 4.78 is 6.06. The van der Waals surface area contributed by atoms with E-state index >= 15 is 0 Å². The van der Waals surface area contributed by atoms with Gasteiger partial charge in [-0.25, -0.2) is 5.43 Å². The van der Waals surface area contributed by atoms with Crippen LogP contribution in [0.15, 0.2) is 88.4 Å². The molecule has 0 bridgehead atoms. The maximum absolute atomic E-state index is 12.6. The molecule has 1 N–H and O–H groups in total. The molecule has 0 radical (unpaired) electrons. The Morgan fingerprint density at radius 2 is 1.66 bits per heavy atom. The molecule has 0 spiro atoms. The van der Waals surface area contributed by atoms with Crippen LogP contribution in [0.4, 0.5) is 11.4 Å². The lowest BCUT2D eigenvalue weighted by Crippen LogP contribution is -2.17. The van der Waals surface area contributed by atoms with Crippen LogP contribution in [0.3, 0.4) is 0 Å². The molecule has 4 aromatic rings. The molecule has 0 aliphatic carbocycles. The number of carbonyl (C=O) groups excluding carboxylic acids is 1. The van der Waals surface area contributed by atoms with Gasteiger partial charge in [0.1, 0.15) is 5.75 Å². The summed E-state index contributed by atoms with van der Waals surface area (Å²) in [6.45, 7) is 0. The molecule has 174 valence electrons. The summed E-state index contributed by atoms with van der Waals surface area (Å²) in [6, 6.07) is 20.9. The molecule has 1 amide bonds. The molecule has 0 fully saturated rings. The van der Waals surface area contributed by atoms with E-state index in [9.17, 15) is 25.0 Å². The number of carbonyl (C=O) groups is 1. The maximum Gasteiger partial charge on any atom is 0.318 e. The number of amides is 1. The minimum absolute atomic E-state index is 0.148. The van der Waals surface area contributed by atoms with Crippen LogP contribution >= 0.6 is 15.9 Å². The summed E-state index contributed by atoms with van der Waals surface area (Å²) in [4.78, 5) is 33.3. The van der Waals surface area contributed by atoms with Gasteiger partial charge in [-0.05, 0) is 62.6 Å². The highest BCUT2D eigenvalue weighted by Crippen LogP contribution is 2.37. The fourth-order valence-corrected chi connectivity index (χ4v) is 3.77. The molecule has 0 unspecified atom stereocenters. The molecule has 4 rings (SSSR count). The lowest BCUT2D eigenvalue weighted by Gasteiger charge is -2.09. The molecule has 10 nitrogen and oxygen atoms in total. The van der Waals surface area contributed by atoms with Crippen LogP contribution in [0.1, 0.15) is 15.9 Å². The van der Waals surface area contributed by atoms with E-state index in [0.717, 1.165) is 22.9 Å². The number of nitro groups is 2. The van der Waals surface area contributed by atoms with Crippen LogP contribution in [0, 0.1) is 20.2 Å². The standard InChI is InChI=1S/C24H15BrN4O6/c25-20-12-15(14-26-27-24(30)19-7-3-5-16-4-1-2-6-18(16)19)8-10-22(20)35-23-11-9-17(28(31)32)13-21(23)29(33)34/h1-14H,(H,27,30)/b26-14-. The van der Waals surface area contributed by atoms with E-state index in [0.29, 0.717) is 15.6 Å². The molecule has 0 aliphatic heterocycles. The van der Waals surface area contributed by atoms with Crippen LogP contribution < -0.4 is 10.2 Å². The number of rotatable bonds is 7. The molecule has 11 heteroatoms. The van der Waals surface area contributed by atoms with Crippen molar-refractivity contribution >= 4 is 50.2 Å². The van der Waals surface area contributed by atoms with Crippen LogP contribution in [0.2, 0.25) is 0 Å². The summed E-state index contributed by atoms with van der Waals surface area (Å²) in [5, 5.41) is 28.0. The Kier molecular flexibility index (Phi) is 6.78. The lowest BCUT2D eigenvalue weighted by molar-refractivity contribution is -0.394. The summed E-state index contributed by atoms with van der Waals surface area (Å²) in [5.41, 5.74) is 2.66. The first kappa shape index (κ1) is 23.5. The zero-order valence-corrected chi connectivity index (χ0v) is 19.3. The van der Waals surface area contributed by atoms with Gasteiger partial charge in [0.25, 0.3) is 11.6 Å². The zero-order valence-electron chi connectivity index (χ0n) is 17.8. The van der Waals surface area contributed by atoms with E-state index < -0.39 is 21.2 Å². The Morgan fingerprint density at radius 1 is 0.914 bits per heavy atom. The number of benzene rings is 4. The molecule has 0 saturated carbocycles. The quantitative estimate of drug-likeness (QED) is 0.176. The fraction of sp³-hybridized carbons (Fsp3) is 0. The molecule has 0 heterocycles.